The molecule has 7 nitrogen and oxygen atoms in total. The number of hydrazine groups is 1. The normalized spacial score (nSPS) is 10.4. The summed E-state index contributed by atoms with van der Waals surface area (Å²) in [6.07, 6.45) is 0. The lowest BCUT2D eigenvalue weighted by Crippen LogP contribution is -2.48. The van der Waals surface area contributed by atoms with Gasteiger partial charge in [0.15, 0.2) is 5.11 Å². The summed E-state index contributed by atoms with van der Waals surface area (Å²) in [5.74, 6) is -0.276. The van der Waals surface area contributed by atoms with E-state index in [1.54, 1.807) is 25.3 Å². The number of nitrogens with one attached hydrogen (secondary N) is 3. The number of hydrogen-bond acceptors (Lipinski definition) is 6. The Bertz CT molecular complexity index is 1070. The number of thiocarbonyl (C=S) groups is 1. The molecular formula is C18H14ClN3O4S2. The second kappa shape index (κ2) is 8.42. The number of aromatic hydroxyl groups is 1. The molecule has 0 bridgehead atoms. The number of amides is 2. The van der Waals surface area contributed by atoms with Crippen molar-refractivity contribution in [3.63, 3.8) is 0 Å². The second-order valence-electron chi connectivity index (χ2n) is 5.52. The minimum atomic E-state index is -0.499. The van der Waals surface area contributed by atoms with Gasteiger partial charge >= 0.3 is 0 Å². The summed E-state index contributed by atoms with van der Waals surface area (Å²) in [4.78, 5) is 24.7. The van der Waals surface area contributed by atoms with E-state index >= 15 is 0 Å². The largest absolute Gasteiger partial charge is 0.508 e. The summed E-state index contributed by atoms with van der Waals surface area (Å²) in [7, 11) is 1.56. The van der Waals surface area contributed by atoms with E-state index in [9.17, 15) is 14.7 Å². The quantitative estimate of drug-likeness (QED) is 0.372. The summed E-state index contributed by atoms with van der Waals surface area (Å²) in [5.41, 5.74) is 5.11. The van der Waals surface area contributed by atoms with Gasteiger partial charge in [0.05, 0.1) is 12.1 Å². The fourth-order valence-corrected chi connectivity index (χ4v) is 3.89. The van der Waals surface area contributed by atoms with Crippen molar-refractivity contribution in [3.05, 3.63) is 57.9 Å². The van der Waals surface area contributed by atoms with Crippen LogP contribution in [0.4, 0.5) is 0 Å². The van der Waals surface area contributed by atoms with Crippen LogP contribution in [0.5, 0.6) is 11.5 Å². The summed E-state index contributed by atoms with van der Waals surface area (Å²) < 4.78 is 5.97. The summed E-state index contributed by atoms with van der Waals surface area (Å²) in [6, 6.07) is 11.0. The molecule has 1 heterocycles. The predicted octanol–water partition coefficient (Wildman–Crippen LogP) is 3.22. The number of fused-ring (bicyclic) bond motifs is 1. The number of hydrogen-bond donors (Lipinski definition) is 4. The van der Waals surface area contributed by atoms with Crippen LogP contribution in [0.1, 0.15) is 20.0 Å². The molecule has 2 aromatic carbocycles. The van der Waals surface area contributed by atoms with Crippen LogP contribution < -0.4 is 20.9 Å². The van der Waals surface area contributed by atoms with Crippen LogP contribution >= 0.6 is 35.2 Å². The minimum absolute atomic E-state index is 0.0464. The van der Waals surface area contributed by atoms with Gasteiger partial charge in [0.25, 0.3) is 11.8 Å². The monoisotopic (exact) mass is 435 g/mol. The first-order chi connectivity index (χ1) is 13.4. The fourth-order valence-electron chi connectivity index (χ4n) is 2.31. The number of carbonyl (C=O) groups is 2. The Morgan fingerprint density at radius 1 is 1.11 bits per heavy atom. The van der Waals surface area contributed by atoms with E-state index in [0.29, 0.717) is 21.2 Å². The lowest BCUT2D eigenvalue weighted by atomic mass is 10.2. The van der Waals surface area contributed by atoms with Gasteiger partial charge in [-0.25, -0.2) is 0 Å². The van der Waals surface area contributed by atoms with Crippen LogP contribution in [0.25, 0.3) is 10.1 Å². The standard InChI is InChI=1S/C18H14ClN3O4S2/c1-26-11-6-7-12-13(8-11)28-15(14(12)19)17(25)20-18(27)22-21-16(24)9-2-4-10(23)5-3-9/h2-8,23H,1H3,(H,21,24)(H2,20,22,25,27). The van der Waals surface area contributed by atoms with Crippen molar-refractivity contribution in [1.29, 1.82) is 0 Å². The van der Waals surface area contributed by atoms with Gasteiger partial charge in [-0.3, -0.25) is 25.8 Å². The molecule has 0 saturated carbocycles. The van der Waals surface area contributed by atoms with Crippen LogP contribution in [0.3, 0.4) is 0 Å². The van der Waals surface area contributed by atoms with E-state index in [2.05, 4.69) is 16.2 Å². The Morgan fingerprint density at radius 2 is 1.82 bits per heavy atom. The maximum absolute atomic E-state index is 12.5. The van der Waals surface area contributed by atoms with E-state index < -0.39 is 11.8 Å². The number of benzene rings is 2. The molecule has 10 heteroatoms. The van der Waals surface area contributed by atoms with Crippen LogP contribution in [-0.2, 0) is 0 Å². The van der Waals surface area contributed by atoms with Crippen molar-refractivity contribution in [2.45, 2.75) is 0 Å². The predicted molar refractivity (Wildman–Crippen MR) is 112 cm³/mol. The van der Waals surface area contributed by atoms with Crippen LogP contribution in [-0.4, -0.2) is 29.1 Å². The molecule has 144 valence electrons. The van der Waals surface area contributed by atoms with E-state index in [1.807, 2.05) is 0 Å². The molecule has 0 spiro atoms. The highest BCUT2D eigenvalue weighted by Crippen LogP contribution is 2.37. The summed E-state index contributed by atoms with van der Waals surface area (Å²) >= 11 is 12.5. The number of rotatable bonds is 3. The maximum Gasteiger partial charge on any atom is 0.269 e. The Hall–Kier alpha value is -2.88. The first kappa shape index (κ1) is 19.9. The highest BCUT2D eigenvalue weighted by Gasteiger charge is 2.18. The number of phenols is 1. The van der Waals surface area contributed by atoms with Gasteiger partial charge in [0.1, 0.15) is 16.4 Å². The van der Waals surface area contributed by atoms with Crippen LogP contribution in [0.2, 0.25) is 5.02 Å². The van der Waals surface area contributed by atoms with Crippen molar-refractivity contribution >= 4 is 62.2 Å². The lowest BCUT2D eigenvalue weighted by molar-refractivity contribution is 0.0935. The highest BCUT2D eigenvalue weighted by molar-refractivity contribution is 7.80. The molecule has 0 unspecified atom stereocenters. The van der Waals surface area contributed by atoms with Gasteiger partial charge in [-0.1, -0.05) is 11.6 Å². The zero-order chi connectivity index (χ0) is 20.3. The molecule has 1 aromatic heterocycles. The SMILES string of the molecule is COc1ccc2c(Cl)c(C(=O)NC(=S)NNC(=O)c3ccc(O)cc3)sc2c1. The van der Waals surface area contributed by atoms with Crippen LogP contribution in [0.15, 0.2) is 42.5 Å². The second-order valence-corrected chi connectivity index (χ2v) is 7.35. The first-order valence-corrected chi connectivity index (χ1v) is 9.46. The zero-order valence-electron chi connectivity index (χ0n) is 14.4. The first-order valence-electron chi connectivity index (χ1n) is 7.85. The molecule has 0 aliphatic heterocycles. The number of phenolic OH excluding ortho intramolecular Hbond substituents is 1. The smallest absolute Gasteiger partial charge is 0.269 e. The van der Waals surface area contributed by atoms with Gasteiger partial charge in [-0.05, 0) is 54.7 Å². The van der Waals surface area contributed by atoms with Gasteiger partial charge < -0.3 is 9.84 Å². The lowest BCUT2D eigenvalue weighted by Gasteiger charge is -2.10. The van der Waals surface area contributed by atoms with Crippen LogP contribution in [0, 0.1) is 0 Å². The molecule has 28 heavy (non-hydrogen) atoms. The molecule has 3 rings (SSSR count). The third-order valence-corrected chi connectivity index (χ3v) is 5.55. The molecule has 0 aliphatic carbocycles. The maximum atomic E-state index is 12.5. The third-order valence-electron chi connectivity index (χ3n) is 3.69. The van der Waals surface area contributed by atoms with Crippen molar-refractivity contribution in [2.24, 2.45) is 0 Å². The van der Waals surface area contributed by atoms with E-state index in [4.69, 9.17) is 28.6 Å². The van der Waals surface area contributed by atoms with E-state index in [1.165, 1.54) is 35.6 Å². The minimum Gasteiger partial charge on any atom is -0.508 e. The van der Waals surface area contributed by atoms with Gasteiger partial charge in [0.2, 0.25) is 0 Å². The molecule has 0 aliphatic rings. The number of carbonyl (C=O) groups excluding carboxylic acids is 2. The third kappa shape index (κ3) is 4.33. The van der Waals surface area contributed by atoms with Crippen molar-refractivity contribution in [2.75, 3.05) is 7.11 Å². The fraction of sp³-hybridized carbons (Fsp3) is 0.0556. The van der Waals surface area contributed by atoms with Crippen molar-refractivity contribution in [3.8, 4) is 11.5 Å². The number of halogens is 1. The Labute approximate surface area is 174 Å². The van der Waals surface area contributed by atoms with E-state index in [0.717, 1.165) is 10.1 Å². The molecule has 4 N–H and O–H groups in total. The molecular weight excluding hydrogens is 422 g/mol. The Balaban J connectivity index is 1.63. The number of ether oxygens (including phenoxy) is 1. The van der Waals surface area contributed by atoms with Gasteiger partial charge in [0, 0.05) is 15.6 Å². The number of thiophene rings is 1. The summed E-state index contributed by atoms with van der Waals surface area (Å²) in [6.45, 7) is 0. The topological polar surface area (TPSA) is 99.7 Å². The Morgan fingerprint density at radius 3 is 2.50 bits per heavy atom. The van der Waals surface area contributed by atoms with Gasteiger partial charge in [-0.2, -0.15) is 0 Å². The van der Waals surface area contributed by atoms with E-state index in [-0.39, 0.29) is 10.9 Å². The van der Waals surface area contributed by atoms with Crippen molar-refractivity contribution < 1.29 is 19.4 Å². The molecule has 0 fully saturated rings. The average Bonchev–Trinajstić information content (AvgIpc) is 3.02. The highest BCUT2D eigenvalue weighted by atomic mass is 35.5. The van der Waals surface area contributed by atoms with Crippen molar-refractivity contribution in [1.82, 2.24) is 16.2 Å². The molecule has 0 radical (unpaired) electrons. The zero-order valence-corrected chi connectivity index (χ0v) is 16.8. The average molecular weight is 436 g/mol. The molecule has 0 saturated heterocycles. The Kier molecular flexibility index (Phi) is 5.98. The summed E-state index contributed by atoms with van der Waals surface area (Å²) in [5, 5.41) is 12.7. The molecule has 2 amide bonds. The van der Waals surface area contributed by atoms with Gasteiger partial charge in [-0.15, -0.1) is 11.3 Å². The molecule has 3 aromatic rings. The molecule has 0 atom stereocenters. The number of methoxy groups -OCH3 is 1.